The zero-order chi connectivity index (χ0) is 14.0. The number of pyridine rings is 1. The molecule has 1 heterocycles. The Labute approximate surface area is 127 Å². The molecule has 0 aliphatic rings. The van der Waals surface area contributed by atoms with Crippen molar-refractivity contribution >= 4 is 23.5 Å². The number of rotatable bonds is 9. The summed E-state index contributed by atoms with van der Waals surface area (Å²) >= 11 is 4.17. The van der Waals surface area contributed by atoms with Crippen LogP contribution in [0.4, 0.5) is 0 Å². The van der Waals surface area contributed by atoms with Gasteiger partial charge in [-0.05, 0) is 54.2 Å². The summed E-state index contributed by atoms with van der Waals surface area (Å²) in [6, 6.07) is 4.23. The van der Waals surface area contributed by atoms with E-state index >= 15 is 0 Å². The molecule has 0 spiro atoms. The quantitative estimate of drug-likeness (QED) is 0.591. The van der Waals surface area contributed by atoms with Crippen LogP contribution in [0, 0.1) is 0 Å². The van der Waals surface area contributed by atoms with Crippen molar-refractivity contribution in [2.45, 2.75) is 51.2 Å². The predicted molar refractivity (Wildman–Crippen MR) is 91.3 cm³/mol. The van der Waals surface area contributed by atoms with Gasteiger partial charge in [0.1, 0.15) is 0 Å². The van der Waals surface area contributed by atoms with E-state index in [0.29, 0.717) is 4.75 Å². The van der Waals surface area contributed by atoms with Crippen molar-refractivity contribution < 1.29 is 0 Å². The van der Waals surface area contributed by atoms with Crippen molar-refractivity contribution in [2.24, 2.45) is 0 Å². The molecule has 3 heteroatoms. The Hall–Kier alpha value is -0.150. The van der Waals surface area contributed by atoms with Gasteiger partial charge < -0.3 is 0 Å². The van der Waals surface area contributed by atoms with E-state index in [1.54, 1.807) is 0 Å². The molecule has 0 aliphatic heterocycles. The number of unbranched alkanes of at least 4 members (excludes halogenated alkanes) is 2. The zero-order valence-electron chi connectivity index (χ0n) is 12.5. The molecular weight excluding hydrogens is 270 g/mol. The van der Waals surface area contributed by atoms with Gasteiger partial charge in [-0.3, -0.25) is 4.98 Å². The summed E-state index contributed by atoms with van der Waals surface area (Å²) in [4.78, 5) is 4.04. The van der Waals surface area contributed by atoms with Gasteiger partial charge in [0.05, 0.1) is 0 Å². The molecule has 1 aromatic heterocycles. The van der Waals surface area contributed by atoms with Crippen LogP contribution in [0.5, 0.6) is 0 Å². The van der Waals surface area contributed by atoms with Crippen LogP contribution in [-0.2, 0) is 6.42 Å². The highest BCUT2D eigenvalue weighted by Crippen LogP contribution is 2.24. The van der Waals surface area contributed by atoms with E-state index in [4.69, 9.17) is 0 Å². The van der Waals surface area contributed by atoms with Crippen LogP contribution in [0.15, 0.2) is 24.5 Å². The molecule has 0 aromatic carbocycles. The van der Waals surface area contributed by atoms with Crippen molar-refractivity contribution in [3.8, 4) is 0 Å². The molecule has 0 aliphatic carbocycles. The second kappa shape index (κ2) is 9.71. The molecule has 1 rings (SSSR count). The molecule has 0 N–H and O–H groups in total. The number of hydrogen-bond acceptors (Lipinski definition) is 3. The number of nitrogens with zero attached hydrogens (tertiary/aromatic N) is 1. The highest BCUT2D eigenvalue weighted by molar-refractivity contribution is 8.00. The molecule has 0 radical (unpaired) electrons. The van der Waals surface area contributed by atoms with Crippen LogP contribution in [0.2, 0.25) is 0 Å². The highest BCUT2D eigenvalue weighted by atomic mass is 32.2. The lowest BCUT2D eigenvalue weighted by Crippen LogP contribution is -2.08. The molecule has 0 bridgehead atoms. The van der Waals surface area contributed by atoms with Gasteiger partial charge in [0.2, 0.25) is 0 Å². The molecule has 108 valence electrons. The van der Waals surface area contributed by atoms with Gasteiger partial charge in [-0.1, -0.05) is 27.2 Å². The Bertz CT molecular complexity index is 319. The number of aromatic nitrogens is 1. The van der Waals surface area contributed by atoms with E-state index in [0.717, 1.165) is 0 Å². The Balaban J connectivity index is 1.87. The molecule has 0 amide bonds. The van der Waals surface area contributed by atoms with E-state index in [1.165, 1.54) is 48.5 Å². The molecule has 0 unspecified atom stereocenters. The van der Waals surface area contributed by atoms with Crippen molar-refractivity contribution in [3.63, 3.8) is 0 Å². The molecule has 0 saturated carbocycles. The van der Waals surface area contributed by atoms with Crippen molar-refractivity contribution in [1.82, 2.24) is 4.98 Å². The maximum atomic E-state index is 4.04. The summed E-state index contributed by atoms with van der Waals surface area (Å²) < 4.78 is 0.430. The summed E-state index contributed by atoms with van der Waals surface area (Å²) in [6.07, 6.45) is 9.05. The van der Waals surface area contributed by atoms with Gasteiger partial charge in [-0.15, -0.1) is 0 Å². The lowest BCUT2D eigenvalue weighted by Gasteiger charge is -2.17. The minimum Gasteiger partial charge on any atom is -0.265 e. The van der Waals surface area contributed by atoms with Crippen LogP contribution in [-0.4, -0.2) is 27.0 Å². The van der Waals surface area contributed by atoms with Crippen molar-refractivity contribution in [1.29, 1.82) is 0 Å². The Morgan fingerprint density at radius 1 is 0.947 bits per heavy atom. The predicted octanol–water partition coefficient (Wildman–Crippen LogP) is 5.06. The van der Waals surface area contributed by atoms with Gasteiger partial charge in [0.15, 0.2) is 0 Å². The first kappa shape index (κ1) is 16.9. The summed E-state index contributed by atoms with van der Waals surface area (Å²) in [7, 11) is 0. The van der Waals surface area contributed by atoms with Gasteiger partial charge in [-0.25, -0.2) is 0 Å². The van der Waals surface area contributed by atoms with E-state index in [9.17, 15) is 0 Å². The topological polar surface area (TPSA) is 12.9 Å². The second-order valence-corrected chi connectivity index (χ2v) is 8.89. The number of hydrogen-bond donors (Lipinski definition) is 0. The number of thioether (sulfide) groups is 2. The normalized spacial score (nSPS) is 11.7. The molecule has 0 fully saturated rings. The zero-order valence-corrected chi connectivity index (χ0v) is 14.2. The van der Waals surface area contributed by atoms with Crippen LogP contribution in [0.1, 0.15) is 45.6 Å². The maximum Gasteiger partial charge on any atom is 0.0270 e. The minimum atomic E-state index is 0.430. The fourth-order valence-corrected chi connectivity index (χ4v) is 3.66. The summed E-state index contributed by atoms with van der Waals surface area (Å²) in [6.45, 7) is 6.89. The van der Waals surface area contributed by atoms with Crippen LogP contribution in [0.25, 0.3) is 0 Å². The molecule has 1 nitrogen and oxygen atoms in total. The van der Waals surface area contributed by atoms with Gasteiger partial charge in [0, 0.05) is 17.1 Å². The number of aryl methyl sites for hydroxylation is 1. The lowest BCUT2D eigenvalue weighted by molar-refractivity contribution is 0.766. The SMILES string of the molecule is CC(C)(C)SCCCCCSCCc1ccncc1. The monoisotopic (exact) mass is 297 g/mol. The minimum absolute atomic E-state index is 0.430. The summed E-state index contributed by atoms with van der Waals surface area (Å²) in [5.41, 5.74) is 1.41. The molecule has 0 saturated heterocycles. The average molecular weight is 298 g/mol. The van der Waals surface area contributed by atoms with E-state index in [2.05, 4.69) is 61.4 Å². The third kappa shape index (κ3) is 10.3. The molecular formula is C16H27NS2. The van der Waals surface area contributed by atoms with Gasteiger partial charge in [-0.2, -0.15) is 23.5 Å². The van der Waals surface area contributed by atoms with E-state index < -0.39 is 0 Å². The first-order valence-electron chi connectivity index (χ1n) is 7.18. The Morgan fingerprint density at radius 2 is 1.63 bits per heavy atom. The van der Waals surface area contributed by atoms with Crippen LogP contribution >= 0.6 is 23.5 Å². The van der Waals surface area contributed by atoms with Crippen molar-refractivity contribution in [3.05, 3.63) is 30.1 Å². The van der Waals surface area contributed by atoms with Gasteiger partial charge >= 0.3 is 0 Å². The third-order valence-electron chi connectivity index (χ3n) is 2.75. The average Bonchev–Trinajstić information content (AvgIpc) is 2.37. The largest absolute Gasteiger partial charge is 0.265 e. The molecule has 1 aromatic rings. The molecule has 0 atom stereocenters. The van der Waals surface area contributed by atoms with E-state index in [1.807, 2.05) is 12.4 Å². The Morgan fingerprint density at radius 3 is 2.32 bits per heavy atom. The van der Waals surface area contributed by atoms with Crippen LogP contribution in [0.3, 0.4) is 0 Å². The fourth-order valence-electron chi connectivity index (χ4n) is 1.70. The first-order chi connectivity index (χ1) is 9.08. The second-order valence-electron chi connectivity index (χ2n) is 5.74. The smallest absolute Gasteiger partial charge is 0.0270 e. The Kier molecular flexibility index (Phi) is 8.64. The van der Waals surface area contributed by atoms with Crippen molar-refractivity contribution in [2.75, 3.05) is 17.3 Å². The summed E-state index contributed by atoms with van der Waals surface area (Å²) in [5.74, 6) is 3.86. The third-order valence-corrected chi connectivity index (χ3v) is 5.18. The molecule has 19 heavy (non-hydrogen) atoms. The van der Waals surface area contributed by atoms with Crippen LogP contribution < -0.4 is 0 Å². The van der Waals surface area contributed by atoms with Gasteiger partial charge in [0.25, 0.3) is 0 Å². The first-order valence-corrected chi connectivity index (χ1v) is 9.32. The maximum absolute atomic E-state index is 4.04. The standard InChI is InChI=1S/C16H27NS2/c1-16(2,3)19-13-6-4-5-12-18-14-9-15-7-10-17-11-8-15/h7-8,10-11H,4-6,9,12-14H2,1-3H3. The summed E-state index contributed by atoms with van der Waals surface area (Å²) in [5, 5.41) is 0. The fraction of sp³-hybridized carbons (Fsp3) is 0.688. The van der Waals surface area contributed by atoms with E-state index in [-0.39, 0.29) is 0 Å². The highest BCUT2D eigenvalue weighted by Gasteiger charge is 2.08. The lowest BCUT2D eigenvalue weighted by atomic mass is 10.2.